The molecule has 5 nitrogen and oxygen atoms in total. The number of aromatic hydroxyl groups is 1. The molecule has 1 aliphatic heterocycles. The van der Waals surface area contributed by atoms with Crippen molar-refractivity contribution >= 4 is 5.91 Å². The van der Waals surface area contributed by atoms with Crippen LogP contribution in [0.25, 0.3) is 0 Å². The van der Waals surface area contributed by atoms with Crippen LogP contribution in [0.3, 0.4) is 0 Å². The Kier molecular flexibility index (Phi) is 7.48. The number of aromatic nitrogens is 1. The number of aryl methyl sites for hydroxylation is 2. The fourth-order valence-electron chi connectivity index (χ4n) is 4.30. The highest BCUT2D eigenvalue weighted by Gasteiger charge is 2.22. The van der Waals surface area contributed by atoms with Gasteiger partial charge in [-0.1, -0.05) is 35.6 Å². The summed E-state index contributed by atoms with van der Waals surface area (Å²) in [7, 11) is 2.12. The van der Waals surface area contributed by atoms with Gasteiger partial charge in [-0.25, -0.2) is 9.37 Å². The topological polar surface area (TPSA) is 65.5 Å². The Morgan fingerprint density at radius 1 is 1.11 bits per heavy atom. The van der Waals surface area contributed by atoms with E-state index < -0.39 is 11.9 Å². The minimum absolute atomic E-state index is 0.0482. The lowest BCUT2D eigenvalue weighted by Gasteiger charge is -2.25. The second-order valence-electron chi connectivity index (χ2n) is 9.25. The molecule has 4 rings (SSSR count). The average molecular weight is 472 g/mol. The average Bonchev–Trinajstić information content (AvgIpc) is 2.84. The molecule has 2 heterocycles. The SMILES string of the molecule is Cc1ccc(O)c(C(NC(=O)c2cc(C#CC3CCN(C)CC3)cc(C)n2)c2ccc(F)cc2)c1. The van der Waals surface area contributed by atoms with Crippen LogP contribution in [0.15, 0.2) is 54.6 Å². The summed E-state index contributed by atoms with van der Waals surface area (Å²) in [4.78, 5) is 20.1. The monoisotopic (exact) mass is 471 g/mol. The van der Waals surface area contributed by atoms with Crippen molar-refractivity contribution in [2.75, 3.05) is 20.1 Å². The molecular weight excluding hydrogens is 441 g/mol. The maximum atomic E-state index is 13.6. The van der Waals surface area contributed by atoms with E-state index in [1.54, 1.807) is 30.3 Å². The summed E-state index contributed by atoms with van der Waals surface area (Å²) in [6, 6.07) is 14.0. The van der Waals surface area contributed by atoms with Crippen molar-refractivity contribution in [1.29, 1.82) is 0 Å². The lowest BCUT2D eigenvalue weighted by molar-refractivity contribution is 0.0937. The molecule has 1 unspecified atom stereocenters. The van der Waals surface area contributed by atoms with Gasteiger partial charge in [-0.05, 0) is 88.8 Å². The van der Waals surface area contributed by atoms with Gasteiger partial charge in [-0.2, -0.15) is 0 Å². The van der Waals surface area contributed by atoms with Gasteiger partial charge in [0.05, 0.1) is 6.04 Å². The smallest absolute Gasteiger partial charge is 0.270 e. The van der Waals surface area contributed by atoms with Crippen molar-refractivity contribution in [3.8, 4) is 17.6 Å². The van der Waals surface area contributed by atoms with Crippen molar-refractivity contribution in [3.05, 3.63) is 94.1 Å². The molecule has 1 aliphatic rings. The van der Waals surface area contributed by atoms with Gasteiger partial charge < -0.3 is 15.3 Å². The predicted octanol–water partition coefficient (Wildman–Crippen LogP) is 4.76. The van der Waals surface area contributed by atoms with Crippen molar-refractivity contribution < 1.29 is 14.3 Å². The first-order valence-corrected chi connectivity index (χ1v) is 11.8. The number of hydrogen-bond donors (Lipinski definition) is 2. The van der Waals surface area contributed by atoms with E-state index in [0.29, 0.717) is 22.7 Å². The molecule has 0 spiro atoms. The van der Waals surface area contributed by atoms with Gasteiger partial charge in [0, 0.05) is 22.7 Å². The van der Waals surface area contributed by atoms with E-state index in [2.05, 4.69) is 34.1 Å². The number of piperidine rings is 1. The highest BCUT2D eigenvalue weighted by molar-refractivity contribution is 5.93. The summed E-state index contributed by atoms with van der Waals surface area (Å²) in [6.07, 6.45) is 2.08. The van der Waals surface area contributed by atoms with Crippen LogP contribution in [0, 0.1) is 37.4 Å². The number of nitrogens with one attached hydrogen (secondary N) is 1. The first-order valence-electron chi connectivity index (χ1n) is 11.8. The Balaban J connectivity index is 1.62. The Bertz CT molecular complexity index is 1270. The quantitative estimate of drug-likeness (QED) is 0.539. The number of benzene rings is 2. The van der Waals surface area contributed by atoms with E-state index in [0.717, 1.165) is 37.1 Å². The Morgan fingerprint density at radius 3 is 2.54 bits per heavy atom. The lowest BCUT2D eigenvalue weighted by Crippen LogP contribution is -2.30. The standard InChI is InChI=1S/C29H30FN3O2/c1-19-4-11-27(34)25(16-19)28(23-7-9-24(30)10-8-23)32-29(35)26-18-22(17-20(2)31-26)6-5-21-12-14-33(3)15-13-21/h4,7-11,16-18,21,28,34H,12-15H2,1-3H3,(H,32,35). The number of carbonyl (C=O) groups is 1. The van der Waals surface area contributed by atoms with Crippen molar-refractivity contribution in [3.63, 3.8) is 0 Å². The number of rotatable bonds is 4. The maximum absolute atomic E-state index is 13.6. The lowest BCUT2D eigenvalue weighted by atomic mass is 9.96. The fraction of sp³-hybridized carbons (Fsp3) is 0.310. The number of likely N-dealkylation sites (tertiary alicyclic amines) is 1. The van der Waals surface area contributed by atoms with E-state index in [1.165, 1.54) is 12.1 Å². The third kappa shape index (κ3) is 6.26. The highest BCUT2D eigenvalue weighted by Crippen LogP contribution is 2.31. The summed E-state index contributed by atoms with van der Waals surface area (Å²) in [5.41, 5.74) is 3.80. The number of nitrogens with zero attached hydrogens (tertiary/aromatic N) is 2. The zero-order valence-corrected chi connectivity index (χ0v) is 20.3. The molecule has 0 radical (unpaired) electrons. The molecule has 1 amide bonds. The molecule has 3 aromatic rings. The van der Waals surface area contributed by atoms with Crippen LogP contribution in [0.5, 0.6) is 5.75 Å². The normalized spacial score (nSPS) is 15.2. The largest absolute Gasteiger partial charge is 0.508 e. The third-order valence-corrected chi connectivity index (χ3v) is 6.30. The van der Waals surface area contributed by atoms with Gasteiger partial charge in [0.15, 0.2) is 0 Å². The van der Waals surface area contributed by atoms with E-state index in [1.807, 2.05) is 26.0 Å². The fourth-order valence-corrected chi connectivity index (χ4v) is 4.30. The number of amides is 1. The van der Waals surface area contributed by atoms with Gasteiger partial charge in [0.1, 0.15) is 17.3 Å². The molecule has 180 valence electrons. The number of hydrogen-bond acceptors (Lipinski definition) is 4. The van der Waals surface area contributed by atoms with Crippen LogP contribution in [0.4, 0.5) is 4.39 Å². The molecule has 1 aromatic heterocycles. The number of phenols is 1. The molecule has 35 heavy (non-hydrogen) atoms. The predicted molar refractivity (Wildman–Crippen MR) is 135 cm³/mol. The number of halogens is 1. The maximum Gasteiger partial charge on any atom is 0.270 e. The van der Waals surface area contributed by atoms with Crippen molar-refractivity contribution in [1.82, 2.24) is 15.2 Å². The Labute approximate surface area is 206 Å². The molecule has 1 saturated heterocycles. The van der Waals surface area contributed by atoms with Crippen LogP contribution in [-0.4, -0.2) is 41.0 Å². The molecule has 1 atom stereocenters. The second-order valence-corrected chi connectivity index (χ2v) is 9.25. The van der Waals surface area contributed by atoms with Crippen LogP contribution in [-0.2, 0) is 0 Å². The first kappa shape index (κ1) is 24.4. The summed E-state index contributed by atoms with van der Waals surface area (Å²) in [5, 5.41) is 13.5. The van der Waals surface area contributed by atoms with Crippen LogP contribution < -0.4 is 5.32 Å². The first-order chi connectivity index (χ1) is 16.8. The van der Waals surface area contributed by atoms with Crippen molar-refractivity contribution in [2.24, 2.45) is 5.92 Å². The van der Waals surface area contributed by atoms with Gasteiger partial charge in [-0.15, -0.1) is 0 Å². The summed E-state index contributed by atoms with van der Waals surface area (Å²) < 4.78 is 13.6. The number of phenolic OH excluding ortho intramolecular Hbond substituents is 1. The minimum atomic E-state index is -0.681. The van der Waals surface area contributed by atoms with E-state index >= 15 is 0 Å². The highest BCUT2D eigenvalue weighted by atomic mass is 19.1. The zero-order chi connectivity index (χ0) is 24.9. The van der Waals surface area contributed by atoms with Crippen LogP contribution in [0.1, 0.15) is 57.3 Å². The minimum Gasteiger partial charge on any atom is -0.508 e. The Hall–Kier alpha value is -3.69. The number of carbonyl (C=O) groups excluding carboxylic acids is 1. The van der Waals surface area contributed by atoms with Gasteiger partial charge in [0.25, 0.3) is 5.91 Å². The zero-order valence-electron chi connectivity index (χ0n) is 20.3. The van der Waals surface area contributed by atoms with Gasteiger partial charge in [0.2, 0.25) is 0 Å². The van der Waals surface area contributed by atoms with Crippen LogP contribution in [0.2, 0.25) is 0 Å². The van der Waals surface area contributed by atoms with Gasteiger partial charge in [-0.3, -0.25) is 4.79 Å². The van der Waals surface area contributed by atoms with Crippen LogP contribution >= 0.6 is 0 Å². The molecule has 0 bridgehead atoms. The molecule has 0 saturated carbocycles. The summed E-state index contributed by atoms with van der Waals surface area (Å²) in [6.45, 7) is 5.82. The Morgan fingerprint density at radius 2 is 1.83 bits per heavy atom. The molecular formula is C29H30FN3O2. The molecule has 0 aliphatic carbocycles. The van der Waals surface area contributed by atoms with Gasteiger partial charge >= 0.3 is 0 Å². The van der Waals surface area contributed by atoms with E-state index in [-0.39, 0.29) is 17.3 Å². The second kappa shape index (κ2) is 10.7. The molecule has 6 heteroatoms. The summed E-state index contributed by atoms with van der Waals surface area (Å²) in [5.74, 6) is 6.22. The van der Waals surface area contributed by atoms with Crippen molar-refractivity contribution in [2.45, 2.75) is 32.7 Å². The number of pyridine rings is 1. The molecule has 2 N–H and O–H groups in total. The molecule has 1 fully saturated rings. The van der Waals surface area contributed by atoms with E-state index in [4.69, 9.17) is 0 Å². The third-order valence-electron chi connectivity index (χ3n) is 6.30. The molecule has 2 aromatic carbocycles. The van der Waals surface area contributed by atoms with E-state index in [9.17, 15) is 14.3 Å². The summed E-state index contributed by atoms with van der Waals surface area (Å²) >= 11 is 0.